The summed E-state index contributed by atoms with van der Waals surface area (Å²) < 4.78 is 11.2. The second kappa shape index (κ2) is 10.5. The molecule has 48 heavy (non-hydrogen) atoms. The lowest BCUT2D eigenvalue weighted by molar-refractivity contribution is 0.477. The van der Waals surface area contributed by atoms with Crippen molar-refractivity contribution >= 4 is 49.9 Å². The first-order valence-corrected chi connectivity index (χ1v) is 16.1. The number of anilines is 3. The first-order chi connectivity index (χ1) is 23.8. The fraction of sp³-hybridized carbons (Fsp3) is 0. The van der Waals surface area contributed by atoms with E-state index in [1.807, 2.05) is 30.3 Å². The summed E-state index contributed by atoms with van der Waals surface area (Å²) >= 11 is 0. The highest BCUT2D eigenvalue weighted by Gasteiger charge is 2.28. The van der Waals surface area contributed by atoms with E-state index in [9.17, 15) is 0 Å². The lowest BCUT2D eigenvalue weighted by atomic mass is 10.1. The molecule has 0 atom stereocenters. The molecule has 0 N–H and O–H groups in total. The Morgan fingerprint density at radius 1 is 0.417 bits per heavy atom. The summed E-state index contributed by atoms with van der Waals surface area (Å²) in [6.07, 6.45) is 0. The van der Waals surface area contributed by atoms with Crippen molar-refractivity contribution in [1.82, 2.24) is 14.1 Å². The smallest absolute Gasteiger partial charge is 0.153 e. The molecule has 0 aliphatic carbocycles. The molecule has 7 aromatic carbocycles. The van der Waals surface area contributed by atoms with Crippen molar-refractivity contribution in [3.8, 4) is 34.3 Å². The molecule has 3 heterocycles. The molecule has 0 saturated carbocycles. The quantitative estimate of drug-likeness (QED) is 0.197. The topological polar surface area (TPSA) is 35.2 Å². The van der Waals surface area contributed by atoms with Crippen LogP contribution in [-0.4, -0.2) is 14.1 Å². The van der Waals surface area contributed by atoms with Crippen molar-refractivity contribution in [3.05, 3.63) is 170 Å². The Bertz CT molecular complexity index is 2580. The average Bonchev–Trinajstić information content (AvgIpc) is 3.69. The van der Waals surface area contributed by atoms with Crippen LogP contribution in [0.2, 0.25) is 0 Å². The van der Waals surface area contributed by atoms with Crippen molar-refractivity contribution < 1.29 is 4.74 Å². The minimum absolute atomic E-state index is 0.787. The normalized spacial score (nSPS) is 12.3. The van der Waals surface area contributed by atoms with Gasteiger partial charge in [-0.25, -0.2) is 4.98 Å². The molecule has 2 aromatic heterocycles. The van der Waals surface area contributed by atoms with E-state index in [4.69, 9.17) is 9.72 Å². The number of benzene rings is 7. The number of hydrogen-bond acceptors (Lipinski definition) is 3. The van der Waals surface area contributed by atoms with Gasteiger partial charge in [0.15, 0.2) is 11.5 Å². The molecule has 9 aromatic rings. The van der Waals surface area contributed by atoms with Crippen molar-refractivity contribution in [1.29, 1.82) is 0 Å². The van der Waals surface area contributed by atoms with Gasteiger partial charge in [0.2, 0.25) is 0 Å². The largest absolute Gasteiger partial charge is 0.453 e. The maximum atomic E-state index is 6.58. The molecular formula is C43H28N4O. The van der Waals surface area contributed by atoms with Gasteiger partial charge < -0.3 is 14.2 Å². The van der Waals surface area contributed by atoms with Crippen LogP contribution in [0, 0.1) is 0 Å². The van der Waals surface area contributed by atoms with Gasteiger partial charge in [0.25, 0.3) is 0 Å². The van der Waals surface area contributed by atoms with E-state index >= 15 is 0 Å². The zero-order chi connectivity index (χ0) is 31.6. The number of hydrogen-bond donors (Lipinski definition) is 0. The Balaban J connectivity index is 1.16. The lowest BCUT2D eigenvalue weighted by Gasteiger charge is -2.32. The van der Waals surface area contributed by atoms with Crippen LogP contribution in [-0.2, 0) is 0 Å². The SMILES string of the molecule is c1ccc(N2c3ccccc3Oc3cc4c(cc32)nc(-c2ccc(-n3c5ccccc5c5ccccc53)cc2)n4-c2ccccc2)cc1. The fourth-order valence-electron chi connectivity index (χ4n) is 7.17. The predicted molar refractivity (Wildman–Crippen MR) is 196 cm³/mol. The summed E-state index contributed by atoms with van der Waals surface area (Å²) in [5.41, 5.74) is 10.5. The van der Waals surface area contributed by atoms with Gasteiger partial charge >= 0.3 is 0 Å². The minimum Gasteiger partial charge on any atom is -0.453 e. The zero-order valence-electron chi connectivity index (χ0n) is 25.9. The summed E-state index contributed by atoms with van der Waals surface area (Å²) in [5.74, 6) is 2.48. The third kappa shape index (κ3) is 4.01. The van der Waals surface area contributed by atoms with E-state index in [0.717, 1.165) is 62.4 Å². The number of nitrogens with zero attached hydrogens (tertiary/aromatic N) is 4. The third-order valence-corrected chi connectivity index (χ3v) is 9.29. The highest BCUT2D eigenvalue weighted by molar-refractivity contribution is 6.09. The van der Waals surface area contributed by atoms with Crippen LogP contribution in [0.3, 0.4) is 0 Å². The lowest BCUT2D eigenvalue weighted by Crippen LogP contribution is -2.15. The van der Waals surface area contributed by atoms with Gasteiger partial charge in [-0.2, -0.15) is 0 Å². The van der Waals surface area contributed by atoms with E-state index < -0.39 is 0 Å². The Kier molecular flexibility index (Phi) is 5.81. The monoisotopic (exact) mass is 616 g/mol. The number of imidazole rings is 1. The predicted octanol–water partition coefficient (Wildman–Crippen LogP) is 11.4. The molecule has 0 bridgehead atoms. The van der Waals surface area contributed by atoms with Gasteiger partial charge in [-0.15, -0.1) is 0 Å². The van der Waals surface area contributed by atoms with Crippen LogP contribution >= 0.6 is 0 Å². The van der Waals surface area contributed by atoms with Crippen LogP contribution in [0.15, 0.2) is 170 Å². The molecule has 0 saturated heterocycles. The van der Waals surface area contributed by atoms with E-state index in [1.54, 1.807) is 0 Å². The van der Waals surface area contributed by atoms with E-state index in [-0.39, 0.29) is 0 Å². The van der Waals surface area contributed by atoms with Crippen LogP contribution in [0.25, 0.3) is 55.6 Å². The first kappa shape index (κ1) is 26.6. The standard InChI is InChI=1S/C43H28N4O/c1-3-13-30(14-4-1)46-38-21-11-12-22-41(38)48-42-28-39-35(27-40(42)46)44-43(47(39)31-15-5-2-6-16-31)29-23-25-32(26-24-29)45-36-19-9-7-17-33(36)34-18-8-10-20-37(34)45/h1-28H. The van der Waals surface area contributed by atoms with Gasteiger partial charge in [-0.05, 0) is 78.9 Å². The number of ether oxygens (including phenoxy) is 1. The van der Waals surface area contributed by atoms with Gasteiger partial charge in [0.1, 0.15) is 5.82 Å². The highest BCUT2D eigenvalue weighted by Crippen LogP contribution is 2.51. The van der Waals surface area contributed by atoms with Crippen molar-refractivity contribution in [3.63, 3.8) is 0 Å². The average molecular weight is 617 g/mol. The molecule has 0 radical (unpaired) electrons. The molecule has 0 amide bonds. The number of rotatable bonds is 4. The van der Waals surface area contributed by atoms with E-state index in [0.29, 0.717) is 0 Å². The molecule has 10 rings (SSSR count). The third-order valence-electron chi connectivity index (χ3n) is 9.29. The molecule has 1 aliphatic rings. The number of aromatic nitrogens is 3. The minimum atomic E-state index is 0.787. The molecule has 0 fully saturated rings. The summed E-state index contributed by atoms with van der Waals surface area (Å²) in [4.78, 5) is 7.58. The van der Waals surface area contributed by atoms with Crippen LogP contribution in [0.5, 0.6) is 11.5 Å². The second-order valence-electron chi connectivity index (χ2n) is 12.1. The summed E-state index contributed by atoms with van der Waals surface area (Å²) in [6, 6.07) is 59.3. The summed E-state index contributed by atoms with van der Waals surface area (Å²) in [7, 11) is 0. The zero-order valence-corrected chi connectivity index (χ0v) is 25.9. The van der Waals surface area contributed by atoms with Crippen LogP contribution < -0.4 is 9.64 Å². The molecule has 5 heteroatoms. The Hall–Kier alpha value is -6.59. The molecule has 1 aliphatic heterocycles. The van der Waals surface area contributed by atoms with Crippen LogP contribution in [0.1, 0.15) is 0 Å². The molecular weight excluding hydrogens is 589 g/mol. The van der Waals surface area contributed by atoms with Gasteiger partial charge in [-0.1, -0.05) is 84.9 Å². The number of fused-ring (bicyclic) bond motifs is 6. The molecule has 5 nitrogen and oxygen atoms in total. The second-order valence-corrected chi connectivity index (χ2v) is 12.1. The Morgan fingerprint density at radius 2 is 1.00 bits per heavy atom. The van der Waals surface area contributed by atoms with E-state index in [2.05, 4.69) is 154 Å². The van der Waals surface area contributed by atoms with Crippen molar-refractivity contribution in [2.24, 2.45) is 0 Å². The van der Waals surface area contributed by atoms with E-state index in [1.165, 1.54) is 21.8 Å². The van der Waals surface area contributed by atoms with Gasteiger partial charge in [-0.3, -0.25) is 4.57 Å². The molecule has 226 valence electrons. The van der Waals surface area contributed by atoms with Crippen molar-refractivity contribution in [2.45, 2.75) is 0 Å². The van der Waals surface area contributed by atoms with Gasteiger partial charge in [0.05, 0.1) is 33.4 Å². The first-order valence-electron chi connectivity index (χ1n) is 16.1. The molecule has 0 unspecified atom stereocenters. The summed E-state index contributed by atoms with van der Waals surface area (Å²) in [5, 5.41) is 2.50. The maximum Gasteiger partial charge on any atom is 0.153 e. The van der Waals surface area contributed by atoms with Crippen LogP contribution in [0.4, 0.5) is 17.1 Å². The Labute approximate surface area is 277 Å². The molecule has 0 spiro atoms. The Morgan fingerprint density at radius 3 is 1.71 bits per heavy atom. The van der Waals surface area contributed by atoms with Gasteiger partial charge in [0, 0.05) is 39.5 Å². The highest BCUT2D eigenvalue weighted by atomic mass is 16.5. The fourth-order valence-corrected chi connectivity index (χ4v) is 7.17. The number of para-hydroxylation sites is 6. The summed E-state index contributed by atoms with van der Waals surface area (Å²) in [6.45, 7) is 0. The maximum absolute atomic E-state index is 6.58. The van der Waals surface area contributed by atoms with Crippen molar-refractivity contribution in [2.75, 3.05) is 4.90 Å².